The predicted molar refractivity (Wildman–Crippen MR) is 69.6 cm³/mol. The van der Waals surface area contributed by atoms with E-state index in [0.29, 0.717) is 0 Å². The van der Waals surface area contributed by atoms with E-state index in [2.05, 4.69) is 24.1 Å². The first-order valence-corrected chi connectivity index (χ1v) is 7.25. The van der Waals surface area contributed by atoms with Crippen LogP contribution in [0.15, 0.2) is 0 Å². The summed E-state index contributed by atoms with van der Waals surface area (Å²) in [5, 5.41) is 3.83. The summed E-state index contributed by atoms with van der Waals surface area (Å²) in [5.41, 5.74) is 0. The maximum Gasteiger partial charge on any atom is 0.00928 e. The van der Waals surface area contributed by atoms with Crippen LogP contribution in [0.4, 0.5) is 0 Å². The second-order valence-electron chi connectivity index (χ2n) is 5.82. The molecule has 1 N–H and O–H groups in total. The summed E-state index contributed by atoms with van der Waals surface area (Å²) in [7, 11) is 0. The largest absolute Gasteiger partial charge is 0.313 e. The van der Waals surface area contributed by atoms with Gasteiger partial charge in [-0.1, -0.05) is 26.7 Å². The smallest absolute Gasteiger partial charge is 0.00928 e. The number of hydrogen-bond acceptors (Lipinski definition) is 2. The average Bonchev–Trinajstić information content (AvgIpc) is 2.76. The maximum absolute atomic E-state index is 3.83. The Kier molecular flexibility index (Phi) is 4.66. The van der Waals surface area contributed by atoms with Crippen molar-refractivity contribution >= 4 is 0 Å². The lowest BCUT2D eigenvalue weighted by Gasteiger charge is -2.30. The zero-order valence-electron chi connectivity index (χ0n) is 11.0. The number of nitrogens with zero attached hydrogens (tertiary/aromatic N) is 1. The molecule has 0 aromatic heterocycles. The Balaban J connectivity index is 1.67. The van der Waals surface area contributed by atoms with Gasteiger partial charge in [0.05, 0.1) is 0 Å². The average molecular weight is 224 g/mol. The molecule has 16 heavy (non-hydrogen) atoms. The van der Waals surface area contributed by atoms with E-state index in [9.17, 15) is 0 Å². The Morgan fingerprint density at radius 1 is 1.19 bits per heavy atom. The Morgan fingerprint density at radius 2 is 2.00 bits per heavy atom. The highest BCUT2D eigenvalue weighted by Gasteiger charge is 2.24. The molecule has 2 nitrogen and oxygen atoms in total. The van der Waals surface area contributed by atoms with Crippen LogP contribution < -0.4 is 5.32 Å². The van der Waals surface area contributed by atoms with E-state index in [4.69, 9.17) is 0 Å². The van der Waals surface area contributed by atoms with Crippen molar-refractivity contribution in [3.63, 3.8) is 0 Å². The minimum atomic E-state index is 0.810. The third-order valence-corrected chi connectivity index (χ3v) is 4.60. The van der Waals surface area contributed by atoms with E-state index >= 15 is 0 Å². The van der Waals surface area contributed by atoms with Gasteiger partial charge in [-0.05, 0) is 50.7 Å². The fourth-order valence-electron chi connectivity index (χ4n) is 3.30. The molecule has 1 aliphatic heterocycles. The molecule has 0 amide bonds. The van der Waals surface area contributed by atoms with Gasteiger partial charge in [-0.25, -0.2) is 0 Å². The summed E-state index contributed by atoms with van der Waals surface area (Å²) in [6.45, 7) is 9.83. The monoisotopic (exact) mass is 224 g/mol. The molecule has 94 valence electrons. The standard InChI is InChI=1S/C14H28N2/c1-3-16-9-8-13(11-16)10-15-14-7-5-4-6-12(14)2/h12-15H,3-11H2,1-2H3. The van der Waals surface area contributed by atoms with Crippen LogP contribution in [0.1, 0.15) is 46.0 Å². The van der Waals surface area contributed by atoms with Crippen LogP contribution in [0.3, 0.4) is 0 Å². The molecule has 0 aromatic rings. The van der Waals surface area contributed by atoms with Gasteiger partial charge in [0, 0.05) is 12.6 Å². The minimum absolute atomic E-state index is 0.810. The summed E-state index contributed by atoms with van der Waals surface area (Å²) >= 11 is 0. The van der Waals surface area contributed by atoms with Gasteiger partial charge in [0.1, 0.15) is 0 Å². The molecule has 2 rings (SSSR count). The van der Waals surface area contributed by atoms with Crippen molar-refractivity contribution in [3.05, 3.63) is 0 Å². The lowest BCUT2D eigenvalue weighted by Crippen LogP contribution is -2.40. The minimum Gasteiger partial charge on any atom is -0.313 e. The van der Waals surface area contributed by atoms with Gasteiger partial charge in [0.2, 0.25) is 0 Å². The molecule has 1 saturated heterocycles. The van der Waals surface area contributed by atoms with Gasteiger partial charge in [-0.3, -0.25) is 0 Å². The van der Waals surface area contributed by atoms with Crippen LogP contribution in [-0.2, 0) is 0 Å². The Morgan fingerprint density at radius 3 is 2.69 bits per heavy atom. The number of nitrogens with one attached hydrogen (secondary N) is 1. The lowest BCUT2D eigenvalue weighted by molar-refractivity contribution is 0.265. The van der Waals surface area contributed by atoms with Crippen molar-refractivity contribution in [2.75, 3.05) is 26.2 Å². The van der Waals surface area contributed by atoms with Crippen molar-refractivity contribution in [1.82, 2.24) is 10.2 Å². The molecule has 2 heteroatoms. The van der Waals surface area contributed by atoms with Gasteiger partial charge in [-0.2, -0.15) is 0 Å². The maximum atomic E-state index is 3.83. The van der Waals surface area contributed by atoms with Gasteiger partial charge >= 0.3 is 0 Å². The van der Waals surface area contributed by atoms with Crippen molar-refractivity contribution in [1.29, 1.82) is 0 Å². The van der Waals surface area contributed by atoms with Crippen molar-refractivity contribution in [3.8, 4) is 0 Å². The van der Waals surface area contributed by atoms with E-state index < -0.39 is 0 Å². The number of hydrogen-bond donors (Lipinski definition) is 1. The zero-order chi connectivity index (χ0) is 11.4. The molecule has 0 bridgehead atoms. The molecule has 3 atom stereocenters. The lowest BCUT2D eigenvalue weighted by atomic mass is 9.85. The van der Waals surface area contributed by atoms with Crippen molar-refractivity contribution in [2.45, 2.75) is 52.0 Å². The molecule has 2 fully saturated rings. The second kappa shape index (κ2) is 6.02. The summed E-state index contributed by atoms with van der Waals surface area (Å²) < 4.78 is 0. The Bertz CT molecular complexity index is 205. The number of likely N-dealkylation sites (tertiary alicyclic amines) is 1. The summed E-state index contributed by atoms with van der Waals surface area (Å²) in [6, 6.07) is 0.810. The molecule has 0 spiro atoms. The zero-order valence-corrected chi connectivity index (χ0v) is 11.0. The summed E-state index contributed by atoms with van der Waals surface area (Å²) in [5.74, 6) is 1.81. The van der Waals surface area contributed by atoms with E-state index in [-0.39, 0.29) is 0 Å². The molecule has 0 aromatic carbocycles. The first-order chi connectivity index (χ1) is 7.79. The molecular weight excluding hydrogens is 196 g/mol. The van der Waals surface area contributed by atoms with Crippen LogP contribution in [0, 0.1) is 11.8 Å². The molecule has 1 aliphatic carbocycles. The molecule has 2 aliphatic rings. The van der Waals surface area contributed by atoms with Gasteiger partial charge < -0.3 is 10.2 Å². The van der Waals surface area contributed by atoms with E-state index in [1.807, 2.05) is 0 Å². The highest BCUT2D eigenvalue weighted by molar-refractivity contribution is 4.82. The fraction of sp³-hybridized carbons (Fsp3) is 1.00. The molecule has 3 unspecified atom stereocenters. The Hall–Kier alpha value is -0.0800. The SMILES string of the molecule is CCN1CCC(CNC2CCCCC2C)C1. The van der Waals surface area contributed by atoms with Gasteiger partial charge in [0.15, 0.2) is 0 Å². The van der Waals surface area contributed by atoms with Gasteiger partial charge in [-0.15, -0.1) is 0 Å². The molecular formula is C14H28N2. The van der Waals surface area contributed by atoms with E-state index in [1.165, 1.54) is 58.3 Å². The second-order valence-corrected chi connectivity index (χ2v) is 5.82. The fourth-order valence-corrected chi connectivity index (χ4v) is 3.30. The molecule has 0 radical (unpaired) electrons. The predicted octanol–water partition coefficient (Wildman–Crippen LogP) is 2.50. The summed E-state index contributed by atoms with van der Waals surface area (Å²) in [4.78, 5) is 2.58. The third kappa shape index (κ3) is 3.21. The van der Waals surface area contributed by atoms with Crippen LogP contribution in [-0.4, -0.2) is 37.1 Å². The van der Waals surface area contributed by atoms with E-state index in [1.54, 1.807) is 0 Å². The van der Waals surface area contributed by atoms with Crippen LogP contribution in [0.25, 0.3) is 0 Å². The van der Waals surface area contributed by atoms with Crippen LogP contribution in [0.5, 0.6) is 0 Å². The highest BCUT2D eigenvalue weighted by atomic mass is 15.1. The third-order valence-electron chi connectivity index (χ3n) is 4.60. The summed E-state index contributed by atoms with van der Waals surface area (Å²) in [6.07, 6.45) is 7.14. The normalized spacial score (nSPS) is 36.8. The van der Waals surface area contributed by atoms with E-state index in [0.717, 1.165) is 17.9 Å². The van der Waals surface area contributed by atoms with Crippen LogP contribution in [0.2, 0.25) is 0 Å². The first-order valence-electron chi connectivity index (χ1n) is 7.25. The molecule has 1 saturated carbocycles. The van der Waals surface area contributed by atoms with Crippen molar-refractivity contribution < 1.29 is 0 Å². The topological polar surface area (TPSA) is 15.3 Å². The van der Waals surface area contributed by atoms with Crippen LogP contribution >= 0.6 is 0 Å². The first kappa shape index (κ1) is 12.4. The van der Waals surface area contributed by atoms with Gasteiger partial charge in [0.25, 0.3) is 0 Å². The molecule has 1 heterocycles. The number of rotatable bonds is 4. The van der Waals surface area contributed by atoms with Crippen molar-refractivity contribution in [2.24, 2.45) is 11.8 Å². The quantitative estimate of drug-likeness (QED) is 0.789. The Labute approximate surface area is 101 Å². The highest BCUT2D eigenvalue weighted by Crippen LogP contribution is 2.24.